The molecule has 4 heteroatoms. The van der Waals surface area contributed by atoms with E-state index in [0.29, 0.717) is 5.75 Å². The zero-order valence-corrected chi connectivity index (χ0v) is 10.9. The summed E-state index contributed by atoms with van der Waals surface area (Å²) in [6, 6.07) is 12.5. The second-order valence-corrected chi connectivity index (χ2v) is 4.01. The SMILES string of the molecule is C=CCc1ccc(O)cc1.O=C(O)c1ccc(O)cc1. The number of allylic oxidation sites excluding steroid dienone is 1. The second kappa shape index (κ2) is 7.63. The molecule has 20 heavy (non-hydrogen) atoms. The van der Waals surface area contributed by atoms with Gasteiger partial charge in [0.15, 0.2) is 0 Å². The van der Waals surface area contributed by atoms with E-state index in [2.05, 4.69) is 6.58 Å². The Morgan fingerprint density at radius 1 is 0.950 bits per heavy atom. The molecule has 0 aromatic heterocycles. The van der Waals surface area contributed by atoms with E-state index >= 15 is 0 Å². The number of phenolic OH excluding ortho intramolecular Hbond substituents is 2. The Balaban J connectivity index is 0.000000200. The maximum Gasteiger partial charge on any atom is 0.335 e. The van der Waals surface area contributed by atoms with Gasteiger partial charge < -0.3 is 15.3 Å². The van der Waals surface area contributed by atoms with E-state index in [1.165, 1.54) is 29.8 Å². The summed E-state index contributed by atoms with van der Waals surface area (Å²) in [6.45, 7) is 3.62. The predicted molar refractivity (Wildman–Crippen MR) is 77.1 cm³/mol. The molecule has 0 bridgehead atoms. The smallest absolute Gasteiger partial charge is 0.335 e. The number of carbonyl (C=O) groups is 1. The van der Waals surface area contributed by atoms with Gasteiger partial charge in [0.2, 0.25) is 0 Å². The van der Waals surface area contributed by atoms with Gasteiger partial charge in [-0.05, 0) is 48.4 Å². The average Bonchev–Trinajstić information content (AvgIpc) is 2.43. The van der Waals surface area contributed by atoms with Crippen molar-refractivity contribution < 1.29 is 20.1 Å². The van der Waals surface area contributed by atoms with Gasteiger partial charge in [-0.3, -0.25) is 0 Å². The van der Waals surface area contributed by atoms with Gasteiger partial charge in [-0.25, -0.2) is 4.79 Å². The molecule has 0 saturated heterocycles. The first-order valence-electron chi connectivity index (χ1n) is 5.94. The quantitative estimate of drug-likeness (QED) is 0.750. The molecule has 3 N–H and O–H groups in total. The van der Waals surface area contributed by atoms with Crippen LogP contribution in [0.3, 0.4) is 0 Å². The molecular formula is C16H16O4. The fourth-order valence-electron chi connectivity index (χ4n) is 1.40. The van der Waals surface area contributed by atoms with Crippen LogP contribution in [0.1, 0.15) is 15.9 Å². The van der Waals surface area contributed by atoms with Crippen LogP contribution in [0.2, 0.25) is 0 Å². The van der Waals surface area contributed by atoms with E-state index in [0.717, 1.165) is 6.42 Å². The topological polar surface area (TPSA) is 77.8 Å². The van der Waals surface area contributed by atoms with Crippen molar-refractivity contribution in [3.63, 3.8) is 0 Å². The van der Waals surface area contributed by atoms with Gasteiger partial charge in [0.1, 0.15) is 11.5 Å². The third-order valence-corrected chi connectivity index (χ3v) is 2.43. The van der Waals surface area contributed by atoms with Crippen molar-refractivity contribution in [2.45, 2.75) is 6.42 Å². The summed E-state index contributed by atoms with van der Waals surface area (Å²) in [5, 5.41) is 26.0. The first kappa shape index (κ1) is 15.3. The molecule has 0 aliphatic carbocycles. The van der Waals surface area contributed by atoms with Crippen molar-refractivity contribution >= 4 is 5.97 Å². The molecular weight excluding hydrogens is 256 g/mol. The van der Waals surface area contributed by atoms with Crippen molar-refractivity contribution in [3.8, 4) is 11.5 Å². The monoisotopic (exact) mass is 272 g/mol. The fraction of sp³-hybridized carbons (Fsp3) is 0.0625. The van der Waals surface area contributed by atoms with E-state index in [4.69, 9.17) is 15.3 Å². The maximum atomic E-state index is 10.2. The highest BCUT2D eigenvalue weighted by molar-refractivity contribution is 5.87. The van der Waals surface area contributed by atoms with Gasteiger partial charge in [-0.15, -0.1) is 6.58 Å². The first-order valence-corrected chi connectivity index (χ1v) is 5.94. The molecule has 0 spiro atoms. The van der Waals surface area contributed by atoms with Crippen LogP contribution in [0, 0.1) is 0 Å². The molecule has 2 rings (SSSR count). The minimum absolute atomic E-state index is 0.0741. The number of hydrogen-bond acceptors (Lipinski definition) is 3. The van der Waals surface area contributed by atoms with Gasteiger partial charge in [-0.1, -0.05) is 18.2 Å². The Morgan fingerprint density at radius 3 is 1.80 bits per heavy atom. The Morgan fingerprint density at radius 2 is 1.40 bits per heavy atom. The van der Waals surface area contributed by atoms with Gasteiger partial charge >= 0.3 is 5.97 Å². The molecule has 0 fully saturated rings. The maximum absolute atomic E-state index is 10.2. The molecule has 2 aromatic carbocycles. The van der Waals surface area contributed by atoms with E-state index < -0.39 is 5.97 Å². The predicted octanol–water partition coefficient (Wildman–Crippen LogP) is 3.21. The van der Waals surface area contributed by atoms with Gasteiger partial charge in [0, 0.05) is 0 Å². The minimum Gasteiger partial charge on any atom is -0.508 e. The van der Waals surface area contributed by atoms with Crippen LogP contribution in [0.4, 0.5) is 0 Å². The molecule has 0 radical (unpaired) electrons. The van der Waals surface area contributed by atoms with Crippen LogP contribution >= 0.6 is 0 Å². The highest BCUT2D eigenvalue weighted by Crippen LogP contribution is 2.10. The van der Waals surface area contributed by atoms with E-state index in [1.54, 1.807) is 12.1 Å². The highest BCUT2D eigenvalue weighted by atomic mass is 16.4. The highest BCUT2D eigenvalue weighted by Gasteiger charge is 1.99. The molecule has 0 atom stereocenters. The molecule has 104 valence electrons. The van der Waals surface area contributed by atoms with E-state index in [9.17, 15) is 4.79 Å². The van der Waals surface area contributed by atoms with Gasteiger partial charge in [0.05, 0.1) is 5.56 Å². The number of benzene rings is 2. The lowest BCUT2D eigenvalue weighted by molar-refractivity contribution is 0.0697. The second-order valence-electron chi connectivity index (χ2n) is 4.01. The summed E-state index contributed by atoms with van der Waals surface area (Å²) < 4.78 is 0. The number of phenols is 2. The summed E-state index contributed by atoms with van der Waals surface area (Å²) in [6.07, 6.45) is 2.70. The summed E-state index contributed by atoms with van der Waals surface area (Å²) in [5.74, 6) is -0.599. The molecule has 2 aromatic rings. The van der Waals surface area contributed by atoms with E-state index in [-0.39, 0.29) is 11.3 Å². The van der Waals surface area contributed by atoms with Crippen LogP contribution in [0.5, 0.6) is 11.5 Å². The largest absolute Gasteiger partial charge is 0.508 e. The molecule has 0 amide bonds. The molecule has 0 heterocycles. The number of carboxylic acids is 1. The molecule has 0 aliphatic rings. The van der Waals surface area contributed by atoms with Gasteiger partial charge in [-0.2, -0.15) is 0 Å². The Bertz CT molecular complexity index is 556. The van der Waals surface area contributed by atoms with Crippen LogP contribution < -0.4 is 0 Å². The Labute approximate surface area is 117 Å². The third-order valence-electron chi connectivity index (χ3n) is 2.43. The zero-order chi connectivity index (χ0) is 15.0. The van der Waals surface area contributed by atoms with Crippen LogP contribution in [-0.2, 0) is 6.42 Å². The zero-order valence-electron chi connectivity index (χ0n) is 10.9. The number of carboxylic acid groups (broad SMARTS) is 1. The van der Waals surface area contributed by atoms with Crippen molar-refractivity contribution in [2.75, 3.05) is 0 Å². The summed E-state index contributed by atoms with van der Waals surface area (Å²) in [4.78, 5) is 10.2. The Kier molecular flexibility index (Phi) is 5.84. The first-order chi connectivity index (χ1) is 9.52. The van der Waals surface area contributed by atoms with Crippen molar-refractivity contribution in [1.82, 2.24) is 0 Å². The number of aromatic hydroxyl groups is 2. The normalized spacial score (nSPS) is 9.20. The minimum atomic E-state index is -0.986. The fourth-order valence-corrected chi connectivity index (χ4v) is 1.40. The number of rotatable bonds is 3. The van der Waals surface area contributed by atoms with Crippen LogP contribution in [0.25, 0.3) is 0 Å². The lowest BCUT2D eigenvalue weighted by Gasteiger charge is -1.94. The van der Waals surface area contributed by atoms with Crippen molar-refractivity contribution in [1.29, 1.82) is 0 Å². The van der Waals surface area contributed by atoms with Gasteiger partial charge in [0.25, 0.3) is 0 Å². The average molecular weight is 272 g/mol. The standard InChI is InChI=1S/C9H10O.C7H6O3/c1-2-3-8-4-6-9(10)7-5-8;8-6-3-1-5(2-4-6)7(9)10/h2,4-7,10H,1,3H2;1-4,8H,(H,9,10). The molecule has 0 saturated carbocycles. The molecule has 4 nitrogen and oxygen atoms in total. The van der Waals surface area contributed by atoms with Crippen molar-refractivity contribution in [3.05, 3.63) is 72.3 Å². The molecule has 0 unspecified atom stereocenters. The van der Waals surface area contributed by atoms with E-state index in [1.807, 2.05) is 18.2 Å². The third kappa shape index (κ3) is 5.27. The number of aromatic carboxylic acids is 1. The lowest BCUT2D eigenvalue weighted by atomic mass is 10.1. The summed E-state index contributed by atoms with van der Waals surface area (Å²) >= 11 is 0. The Hall–Kier alpha value is -2.75. The number of hydrogen-bond donors (Lipinski definition) is 3. The lowest BCUT2D eigenvalue weighted by Crippen LogP contribution is -1.93. The summed E-state index contributed by atoms with van der Waals surface area (Å²) in [5.41, 5.74) is 1.35. The van der Waals surface area contributed by atoms with Crippen LogP contribution in [-0.4, -0.2) is 21.3 Å². The van der Waals surface area contributed by atoms with Crippen LogP contribution in [0.15, 0.2) is 61.2 Å². The summed E-state index contributed by atoms with van der Waals surface area (Å²) in [7, 11) is 0. The molecule has 0 aliphatic heterocycles. The van der Waals surface area contributed by atoms with Crippen molar-refractivity contribution in [2.24, 2.45) is 0 Å².